The number of nitriles is 2. The number of ketones is 1. The highest BCUT2D eigenvalue weighted by molar-refractivity contribution is 6.07. The van der Waals surface area contributed by atoms with Crippen LogP contribution in [0.5, 0.6) is 11.5 Å². The first kappa shape index (κ1) is 16.8. The van der Waals surface area contributed by atoms with Crippen molar-refractivity contribution in [2.24, 2.45) is 0 Å². The number of carbonyl (C=O) groups is 1. The minimum Gasteiger partial charge on any atom is -0.493 e. The molecule has 0 fully saturated rings. The average Bonchev–Trinajstić information content (AvgIpc) is 2.64. The summed E-state index contributed by atoms with van der Waals surface area (Å²) in [7, 11) is 1.50. The highest BCUT2D eigenvalue weighted by atomic mass is 16.5. The summed E-state index contributed by atoms with van der Waals surface area (Å²) in [6.07, 6.45) is 3.08. The fraction of sp³-hybridized carbons (Fsp3) is 0.105. The second-order valence-electron chi connectivity index (χ2n) is 4.75. The van der Waals surface area contributed by atoms with Crippen LogP contribution in [0.4, 0.5) is 0 Å². The van der Waals surface area contributed by atoms with Crippen LogP contribution in [-0.2, 0) is 0 Å². The molecule has 0 radical (unpaired) electrons. The molecule has 0 aromatic heterocycles. The van der Waals surface area contributed by atoms with Gasteiger partial charge in [-0.2, -0.15) is 10.5 Å². The van der Waals surface area contributed by atoms with Crippen molar-refractivity contribution in [3.05, 3.63) is 65.2 Å². The molecule has 0 spiro atoms. The van der Waals surface area contributed by atoms with E-state index in [4.69, 9.17) is 20.0 Å². The second kappa shape index (κ2) is 8.17. The van der Waals surface area contributed by atoms with Crippen molar-refractivity contribution in [2.45, 2.75) is 0 Å². The number of carbonyl (C=O) groups excluding carboxylic acids is 1. The standard InChI is InChI=1S/C19H14N2O3/c1-23-19-12-14(6-8-18(19)24-10-9-20)5-7-17(22)16-4-2-3-15(11-16)13-21/h2-8,11-12H,10H2,1H3/b7-5+. The molecule has 24 heavy (non-hydrogen) atoms. The number of nitrogens with zero attached hydrogens (tertiary/aromatic N) is 2. The maximum Gasteiger partial charge on any atom is 0.185 e. The Morgan fingerprint density at radius 3 is 2.71 bits per heavy atom. The SMILES string of the molecule is COc1cc(/C=C/C(=O)c2cccc(C#N)c2)ccc1OCC#N. The largest absolute Gasteiger partial charge is 0.493 e. The van der Waals surface area contributed by atoms with Crippen LogP contribution in [0.2, 0.25) is 0 Å². The van der Waals surface area contributed by atoms with E-state index >= 15 is 0 Å². The van der Waals surface area contributed by atoms with Gasteiger partial charge in [-0.15, -0.1) is 0 Å². The Bertz CT molecular complexity index is 858. The molecule has 0 saturated carbocycles. The van der Waals surface area contributed by atoms with E-state index < -0.39 is 0 Å². The van der Waals surface area contributed by atoms with Crippen molar-refractivity contribution in [2.75, 3.05) is 13.7 Å². The van der Waals surface area contributed by atoms with E-state index in [0.717, 1.165) is 5.56 Å². The monoisotopic (exact) mass is 318 g/mol. The van der Waals surface area contributed by atoms with Gasteiger partial charge in [0.1, 0.15) is 6.07 Å². The zero-order valence-corrected chi connectivity index (χ0v) is 13.0. The summed E-state index contributed by atoms with van der Waals surface area (Å²) in [6.45, 7) is -0.0702. The van der Waals surface area contributed by atoms with E-state index in [9.17, 15) is 4.79 Å². The molecule has 0 saturated heterocycles. The molecule has 0 bridgehead atoms. The Hall–Kier alpha value is -3.57. The molecule has 118 valence electrons. The zero-order valence-electron chi connectivity index (χ0n) is 13.0. The molecule has 0 aliphatic rings. The molecule has 0 heterocycles. The predicted molar refractivity (Wildman–Crippen MR) is 88.6 cm³/mol. The van der Waals surface area contributed by atoms with Gasteiger partial charge in [-0.3, -0.25) is 4.79 Å². The first-order chi connectivity index (χ1) is 11.7. The number of hydrogen-bond acceptors (Lipinski definition) is 5. The van der Waals surface area contributed by atoms with Gasteiger partial charge in [-0.05, 0) is 35.9 Å². The summed E-state index contributed by atoms with van der Waals surface area (Å²) < 4.78 is 10.5. The van der Waals surface area contributed by atoms with Crippen molar-refractivity contribution in [3.63, 3.8) is 0 Å². The zero-order chi connectivity index (χ0) is 17.4. The molecule has 0 amide bonds. The van der Waals surface area contributed by atoms with E-state index in [0.29, 0.717) is 22.6 Å². The van der Waals surface area contributed by atoms with Crippen molar-refractivity contribution in [1.29, 1.82) is 10.5 Å². The third-order valence-corrected chi connectivity index (χ3v) is 3.18. The second-order valence-corrected chi connectivity index (χ2v) is 4.75. The maximum absolute atomic E-state index is 12.2. The first-order valence-corrected chi connectivity index (χ1v) is 7.08. The number of methoxy groups -OCH3 is 1. The molecule has 0 unspecified atom stereocenters. The minimum atomic E-state index is -0.198. The molecule has 0 atom stereocenters. The third kappa shape index (κ3) is 4.22. The Labute approximate surface area is 140 Å². The van der Waals surface area contributed by atoms with Gasteiger partial charge < -0.3 is 9.47 Å². The summed E-state index contributed by atoms with van der Waals surface area (Å²) in [5.74, 6) is 0.742. The lowest BCUT2D eigenvalue weighted by molar-refractivity contribution is 0.104. The molecule has 5 nitrogen and oxygen atoms in total. The van der Waals surface area contributed by atoms with Crippen LogP contribution in [0, 0.1) is 22.7 Å². The first-order valence-electron chi connectivity index (χ1n) is 7.08. The molecular formula is C19H14N2O3. The average molecular weight is 318 g/mol. The van der Waals surface area contributed by atoms with E-state index in [-0.39, 0.29) is 12.4 Å². The van der Waals surface area contributed by atoms with Crippen LogP contribution in [0.15, 0.2) is 48.5 Å². The smallest absolute Gasteiger partial charge is 0.185 e. The van der Waals surface area contributed by atoms with Crippen LogP contribution in [0.3, 0.4) is 0 Å². The van der Waals surface area contributed by atoms with Crippen molar-refractivity contribution >= 4 is 11.9 Å². The minimum absolute atomic E-state index is 0.0702. The normalized spacial score (nSPS) is 9.96. The van der Waals surface area contributed by atoms with Crippen LogP contribution in [0.25, 0.3) is 6.08 Å². The van der Waals surface area contributed by atoms with Gasteiger partial charge in [-0.25, -0.2) is 0 Å². The van der Waals surface area contributed by atoms with E-state index in [1.807, 2.05) is 12.1 Å². The Balaban J connectivity index is 2.18. The van der Waals surface area contributed by atoms with E-state index in [2.05, 4.69) is 0 Å². The van der Waals surface area contributed by atoms with Gasteiger partial charge in [-0.1, -0.05) is 24.3 Å². The molecule has 0 aliphatic carbocycles. The van der Waals surface area contributed by atoms with Crippen molar-refractivity contribution in [1.82, 2.24) is 0 Å². The summed E-state index contributed by atoms with van der Waals surface area (Å²) in [5, 5.41) is 17.4. The summed E-state index contributed by atoms with van der Waals surface area (Å²) in [4.78, 5) is 12.2. The van der Waals surface area contributed by atoms with E-state index in [1.165, 1.54) is 13.2 Å². The summed E-state index contributed by atoms with van der Waals surface area (Å²) in [5.41, 5.74) is 1.64. The highest BCUT2D eigenvalue weighted by Crippen LogP contribution is 2.28. The number of allylic oxidation sites excluding steroid dienone is 1. The lowest BCUT2D eigenvalue weighted by Gasteiger charge is -2.08. The molecule has 2 aromatic carbocycles. The van der Waals surface area contributed by atoms with Gasteiger partial charge >= 0.3 is 0 Å². The van der Waals surface area contributed by atoms with Crippen molar-refractivity contribution < 1.29 is 14.3 Å². The summed E-state index contributed by atoms with van der Waals surface area (Å²) in [6, 6.07) is 15.6. The Morgan fingerprint density at radius 2 is 2.00 bits per heavy atom. The van der Waals surface area contributed by atoms with Gasteiger partial charge in [0.25, 0.3) is 0 Å². The topological polar surface area (TPSA) is 83.1 Å². The van der Waals surface area contributed by atoms with Gasteiger partial charge in [0, 0.05) is 5.56 Å². The fourth-order valence-corrected chi connectivity index (χ4v) is 2.03. The molecule has 5 heteroatoms. The maximum atomic E-state index is 12.2. The van der Waals surface area contributed by atoms with Gasteiger partial charge in [0.2, 0.25) is 0 Å². The fourth-order valence-electron chi connectivity index (χ4n) is 2.03. The van der Waals surface area contributed by atoms with Crippen molar-refractivity contribution in [3.8, 4) is 23.6 Å². The molecule has 2 rings (SSSR count). The molecular weight excluding hydrogens is 304 g/mol. The number of hydrogen-bond donors (Lipinski definition) is 0. The number of ether oxygens (including phenoxy) is 2. The van der Waals surface area contributed by atoms with Crippen LogP contribution in [-0.4, -0.2) is 19.5 Å². The molecule has 2 aromatic rings. The van der Waals surface area contributed by atoms with Gasteiger partial charge in [0.05, 0.1) is 18.7 Å². The third-order valence-electron chi connectivity index (χ3n) is 3.18. The van der Waals surface area contributed by atoms with E-state index in [1.54, 1.807) is 48.5 Å². The predicted octanol–water partition coefficient (Wildman–Crippen LogP) is 3.37. The number of rotatable bonds is 6. The van der Waals surface area contributed by atoms with Crippen LogP contribution >= 0.6 is 0 Å². The summed E-state index contributed by atoms with van der Waals surface area (Å²) >= 11 is 0. The molecule has 0 N–H and O–H groups in total. The van der Waals surface area contributed by atoms with Crippen LogP contribution < -0.4 is 9.47 Å². The quantitative estimate of drug-likeness (QED) is 0.602. The lowest BCUT2D eigenvalue weighted by atomic mass is 10.1. The lowest BCUT2D eigenvalue weighted by Crippen LogP contribution is -1.97. The Kier molecular flexibility index (Phi) is 5.71. The highest BCUT2D eigenvalue weighted by Gasteiger charge is 2.06. The Morgan fingerprint density at radius 1 is 1.17 bits per heavy atom. The molecule has 0 aliphatic heterocycles. The van der Waals surface area contributed by atoms with Gasteiger partial charge in [0.15, 0.2) is 23.9 Å². The number of benzene rings is 2. The van der Waals surface area contributed by atoms with Crippen LogP contribution in [0.1, 0.15) is 21.5 Å².